The number of benzene rings is 1. The van der Waals surface area contributed by atoms with Gasteiger partial charge in [-0.05, 0) is 24.1 Å². The molecule has 0 radical (unpaired) electrons. The number of hydrogen-bond acceptors (Lipinski definition) is 1. The number of nitrogens with one attached hydrogen (secondary N) is 1. The molecular weight excluding hydrogens is 202 g/mol. The normalized spacial score (nSPS) is 10.2. The highest BCUT2D eigenvalue weighted by molar-refractivity contribution is 5.69. The Hall–Kier alpha value is -2.03. The first-order valence-corrected chi connectivity index (χ1v) is 5.21. The first kappa shape index (κ1) is 10.5. The summed E-state index contributed by atoms with van der Waals surface area (Å²) in [6.07, 6.45) is 2.59. The number of aromatic amines is 1. The molecule has 3 heteroatoms. The maximum absolute atomic E-state index is 10.6. The Morgan fingerprint density at radius 2 is 2.00 bits per heavy atom. The van der Waals surface area contributed by atoms with Gasteiger partial charge >= 0.3 is 5.97 Å². The van der Waals surface area contributed by atoms with E-state index in [9.17, 15) is 4.79 Å². The fraction of sp³-hybridized carbons (Fsp3) is 0.154. The number of carbonyl (C=O) groups is 1. The molecule has 0 spiro atoms. The molecule has 16 heavy (non-hydrogen) atoms. The molecule has 0 aliphatic rings. The van der Waals surface area contributed by atoms with Gasteiger partial charge in [0.05, 0.1) is 0 Å². The van der Waals surface area contributed by atoms with Crippen LogP contribution in [0, 0.1) is 0 Å². The first-order valence-electron chi connectivity index (χ1n) is 5.21. The molecule has 0 saturated heterocycles. The summed E-state index contributed by atoms with van der Waals surface area (Å²) in [7, 11) is 0. The summed E-state index contributed by atoms with van der Waals surface area (Å²) < 4.78 is 0. The van der Waals surface area contributed by atoms with Gasteiger partial charge in [-0.1, -0.05) is 24.3 Å². The van der Waals surface area contributed by atoms with E-state index < -0.39 is 5.97 Å². The van der Waals surface area contributed by atoms with Gasteiger partial charge in [0.15, 0.2) is 0 Å². The van der Waals surface area contributed by atoms with E-state index in [2.05, 4.69) is 4.98 Å². The van der Waals surface area contributed by atoms with Crippen LogP contribution in [0.1, 0.15) is 12.0 Å². The number of hydrogen-bond donors (Lipinski definition) is 2. The van der Waals surface area contributed by atoms with E-state index in [1.165, 1.54) is 0 Å². The molecule has 0 aliphatic heterocycles. The highest BCUT2D eigenvalue weighted by atomic mass is 16.4. The van der Waals surface area contributed by atoms with E-state index in [0.717, 1.165) is 16.8 Å². The molecule has 82 valence electrons. The largest absolute Gasteiger partial charge is 0.481 e. The molecule has 0 saturated carbocycles. The van der Waals surface area contributed by atoms with Crippen LogP contribution in [0.25, 0.3) is 11.3 Å². The zero-order valence-corrected chi connectivity index (χ0v) is 8.81. The predicted molar refractivity (Wildman–Crippen MR) is 62.2 cm³/mol. The van der Waals surface area contributed by atoms with Crippen molar-refractivity contribution in [2.45, 2.75) is 12.8 Å². The third-order valence-electron chi connectivity index (χ3n) is 2.51. The minimum atomic E-state index is -0.763. The van der Waals surface area contributed by atoms with Crippen molar-refractivity contribution >= 4 is 5.97 Å². The average Bonchev–Trinajstić information content (AvgIpc) is 2.80. The van der Waals surface area contributed by atoms with Crippen molar-refractivity contribution in [2.24, 2.45) is 0 Å². The summed E-state index contributed by atoms with van der Waals surface area (Å²) in [5.74, 6) is -0.763. The molecule has 0 amide bonds. The number of carboxylic acid groups (broad SMARTS) is 1. The Morgan fingerprint density at radius 1 is 1.19 bits per heavy atom. The zero-order valence-electron chi connectivity index (χ0n) is 8.81. The monoisotopic (exact) mass is 215 g/mol. The topological polar surface area (TPSA) is 53.1 Å². The highest BCUT2D eigenvalue weighted by Gasteiger charge is 2.06. The summed E-state index contributed by atoms with van der Waals surface area (Å²) in [6, 6.07) is 11.8. The predicted octanol–water partition coefficient (Wildman–Crippen LogP) is 2.70. The lowest BCUT2D eigenvalue weighted by Crippen LogP contribution is -1.98. The van der Waals surface area contributed by atoms with Crippen LogP contribution in [0.2, 0.25) is 0 Å². The van der Waals surface area contributed by atoms with Crippen molar-refractivity contribution in [3.63, 3.8) is 0 Å². The van der Waals surface area contributed by atoms with E-state index in [1.807, 2.05) is 42.6 Å². The van der Waals surface area contributed by atoms with Crippen molar-refractivity contribution in [1.29, 1.82) is 0 Å². The standard InChI is InChI=1S/C13H13NO2/c15-13(16)8-7-10-4-1-2-5-11(10)12-6-3-9-14-12/h1-6,9,14H,7-8H2,(H,15,16). The molecule has 0 bridgehead atoms. The van der Waals surface area contributed by atoms with Crippen LogP contribution >= 0.6 is 0 Å². The minimum absolute atomic E-state index is 0.164. The van der Waals surface area contributed by atoms with Crippen molar-refractivity contribution in [3.8, 4) is 11.3 Å². The second-order valence-corrected chi connectivity index (χ2v) is 3.63. The van der Waals surface area contributed by atoms with Crippen molar-refractivity contribution < 1.29 is 9.90 Å². The lowest BCUT2D eigenvalue weighted by atomic mass is 10.0. The third-order valence-corrected chi connectivity index (χ3v) is 2.51. The summed E-state index contributed by atoms with van der Waals surface area (Å²) in [6.45, 7) is 0. The van der Waals surface area contributed by atoms with E-state index in [-0.39, 0.29) is 6.42 Å². The van der Waals surface area contributed by atoms with E-state index >= 15 is 0 Å². The number of carboxylic acids is 1. The van der Waals surface area contributed by atoms with Crippen molar-refractivity contribution in [1.82, 2.24) is 4.98 Å². The van der Waals surface area contributed by atoms with Gasteiger partial charge in [-0.15, -0.1) is 0 Å². The van der Waals surface area contributed by atoms with Crippen LogP contribution in [0.15, 0.2) is 42.6 Å². The van der Waals surface area contributed by atoms with Gasteiger partial charge in [-0.3, -0.25) is 4.79 Å². The fourth-order valence-corrected chi connectivity index (χ4v) is 1.74. The maximum atomic E-state index is 10.6. The van der Waals surface area contributed by atoms with Gasteiger partial charge < -0.3 is 10.1 Å². The van der Waals surface area contributed by atoms with Crippen LogP contribution in [0.5, 0.6) is 0 Å². The highest BCUT2D eigenvalue weighted by Crippen LogP contribution is 2.22. The van der Waals surface area contributed by atoms with Gasteiger partial charge in [0.2, 0.25) is 0 Å². The van der Waals surface area contributed by atoms with E-state index in [0.29, 0.717) is 6.42 Å². The van der Waals surface area contributed by atoms with E-state index in [4.69, 9.17) is 5.11 Å². The molecule has 1 heterocycles. The number of rotatable bonds is 4. The number of H-pyrrole nitrogens is 1. The maximum Gasteiger partial charge on any atom is 0.303 e. The second-order valence-electron chi connectivity index (χ2n) is 3.63. The van der Waals surface area contributed by atoms with Gasteiger partial charge in [0, 0.05) is 23.9 Å². The number of aromatic nitrogens is 1. The minimum Gasteiger partial charge on any atom is -0.481 e. The second kappa shape index (κ2) is 4.66. The summed E-state index contributed by atoms with van der Waals surface area (Å²) >= 11 is 0. The molecule has 0 atom stereocenters. The Balaban J connectivity index is 2.27. The summed E-state index contributed by atoms with van der Waals surface area (Å²) in [5.41, 5.74) is 3.17. The fourth-order valence-electron chi connectivity index (χ4n) is 1.74. The molecule has 0 aliphatic carbocycles. The smallest absolute Gasteiger partial charge is 0.303 e. The molecule has 1 aromatic heterocycles. The molecule has 2 aromatic rings. The van der Waals surface area contributed by atoms with Crippen LogP contribution in [0.4, 0.5) is 0 Å². The van der Waals surface area contributed by atoms with Gasteiger partial charge in [-0.2, -0.15) is 0 Å². The van der Waals surface area contributed by atoms with E-state index in [1.54, 1.807) is 0 Å². The third kappa shape index (κ3) is 2.31. The quantitative estimate of drug-likeness (QED) is 0.823. The zero-order chi connectivity index (χ0) is 11.4. The molecule has 1 aromatic carbocycles. The number of aliphatic carboxylic acids is 1. The Bertz CT molecular complexity index is 474. The van der Waals surface area contributed by atoms with Gasteiger partial charge in [0.1, 0.15) is 0 Å². The summed E-state index contributed by atoms with van der Waals surface area (Å²) in [4.78, 5) is 13.7. The molecule has 2 N–H and O–H groups in total. The lowest BCUT2D eigenvalue weighted by molar-refractivity contribution is -0.136. The summed E-state index contributed by atoms with van der Waals surface area (Å²) in [5, 5.41) is 8.69. The average molecular weight is 215 g/mol. The molecule has 2 rings (SSSR count). The Kier molecular flexibility index (Phi) is 3.05. The first-order chi connectivity index (χ1) is 7.77. The number of aryl methyl sites for hydroxylation is 1. The van der Waals surface area contributed by atoms with Crippen LogP contribution in [0.3, 0.4) is 0 Å². The van der Waals surface area contributed by atoms with Gasteiger partial charge in [0.25, 0.3) is 0 Å². The van der Waals surface area contributed by atoms with Crippen molar-refractivity contribution in [2.75, 3.05) is 0 Å². The van der Waals surface area contributed by atoms with Gasteiger partial charge in [-0.25, -0.2) is 0 Å². The van der Waals surface area contributed by atoms with Crippen LogP contribution < -0.4 is 0 Å². The molecule has 0 fully saturated rings. The van der Waals surface area contributed by atoms with Crippen molar-refractivity contribution in [3.05, 3.63) is 48.2 Å². The SMILES string of the molecule is O=C(O)CCc1ccccc1-c1ccc[nH]1. The van der Waals surface area contributed by atoms with Crippen LogP contribution in [-0.2, 0) is 11.2 Å². The Morgan fingerprint density at radius 3 is 2.69 bits per heavy atom. The molecular formula is C13H13NO2. The molecule has 3 nitrogen and oxygen atoms in total. The lowest BCUT2D eigenvalue weighted by Gasteiger charge is -2.06. The molecule has 0 unspecified atom stereocenters. The van der Waals surface area contributed by atoms with Crippen LogP contribution in [-0.4, -0.2) is 16.1 Å². The Labute approximate surface area is 93.7 Å².